The van der Waals surface area contributed by atoms with E-state index in [2.05, 4.69) is 57.1 Å². The molecule has 2 nitrogen and oxygen atoms in total. The molecule has 16 heavy (non-hydrogen) atoms. The summed E-state index contributed by atoms with van der Waals surface area (Å²) >= 11 is 0. The van der Waals surface area contributed by atoms with Gasteiger partial charge in [-0.25, -0.2) is 0 Å². The molecule has 2 heteroatoms. The summed E-state index contributed by atoms with van der Waals surface area (Å²) in [5.41, 5.74) is 2.43. The molecule has 2 atom stereocenters. The molecule has 1 N–H and O–H groups in total. The molecule has 0 fully saturated rings. The number of pyridine rings is 1. The van der Waals surface area contributed by atoms with Gasteiger partial charge >= 0.3 is 0 Å². The highest BCUT2D eigenvalue weighted by molar-refractivity contribution is 5.17. The van der Waals surface area contributed by atoms with Crippen molar-refractivity contribution in [1.82, 2.24) is 10.3 Å². The van der Waals surface area contributed by atoms with E-state index in [1.807, 2.05) is 6.20 Å². The molecule has 0 radical (unpaired) electrons. The smallest absolute Gasteiger partial charge is 0.0452 e. The first-order valence-corrected chi connectivity index (χ1v) is 6.22. The number of likely N-dealkylation sites (N-methyl/N-ethyl adjacent to an activating group) is 1. The molecular formula is C14H24N2. The topological polar surface area (TPSA) is 24.9 Å². The zero-order valence-corrected chi connectivity index (χ0v) is 11.1. The average Bonchev–Trinajstić information content (AvgIpc) is 2.21. The van der Waals surface area contributed by atoms with Crippen LogP contribution in [0.5, 0.6) is 0 Å². The number of nitrogens with one attached hydrogen (secondary N) is 1. The van der Waals surface area contributed by atoms with Crippen molar-refractivity contribution in [3.63, 3.8) is 0 Å². The first kappa shape index (κ1) is 13.2. The molecule has 2 unspecified atom stereocenters. The Labute approximate surface area is 99.5 Å². The van der Waals surface area contributed by atoms with Crippen LogP contribution in [-0.4, -0.2) is 17.6 Å². The van der Waals surface area contributed by atoms with Crippen LogP contribution < -0.4 is 5.32 Å². The van der Waals surface area contributed by atoms with Gasteiger partial charge in [-0.15, -0.1) is 0 Å². The van der Waals surface area contributed by atoms with E-state index >= 15 is 0 Å². The molecule has 0 aliphatic carbocycles. The monoisotopic (exact) mass is 220 g/mol. The second kappa shape index (κ2) is 6.00. The highest BCUT2D eigenvalue weighted by Crippen LogP contribution is 2.26. The molecule has 0 bridgehead atoms. The largest absolute Gasteiger partial charge is 0.314 e. The minimum atomic E-state index is 0.472. The lowest BCUT2D eigenvalue weighted by molar-refractivity contribution is 0.376. The van der Waals surface area contributed by atoms with Crippen LogP contribution in [0.3, 0.4) is 0 Å². The van der Waals surface area contributed by atoms with E-state index in [-0.39, 0.29) is 0 Å². The minimum absolute atomic E-state index is 0.472. The highest BCUT2D eigenvalue weighted by Gasteiger charge is 2.22. The fourth-order valence-electron chi connectivity index (χ4n) is 2.30. The molecule has 90 valence electrons. The van der Waals surface area contributed by atoms with E-state index in [0.717, 1.165) is 6.54 Å². The van der Waals surface area contributed by atoms with Gasteiger partial charge in [0.15, 0.2) is 0 Å². The average molecular weight is 220 g/mol. The SMILES string of the molecule is CCNC(C)C(c1ccc(C)cn1)C(C)C. The number of rotatable bonds is 5. The van der Waals surface area contributed by atoms with Crippen LogP contribution in [0.15, 0.2) is 18.3 Å². The molecule has 0 aliphatic rings. The molecule has 0 amide bonds. The van der Waals surface area contributed by atoms with Gasteiger partial charge in [-0.3, -0.25) is 4.98 Å². The summed E-state index contributed by atoms with van der Waals surface area (Å²) in [7, 11) is 0. The first-order chi connectivity index (χ1) is 7.56. The second-order valence-corrected chi connectivity index (χ2v) is 4.88. The van der Waals surface area contributed by atoms with Gasteiger partial charge in [0.05, 0.1) is 0 Å². The van der Waals surface area contributed by atoms with Gasteiger partial charge < -0.3 is 5.32 Å². The lowest BCUT2D eigenvalue weighted by Gasteiger charge is -2.27. The molecule has 1 heterocycles. The van der Waals surface area contributed by atoms with Crippen molar-refractivity contribution < 1.29 is 0 Å². The minimum Gasteiger partial charge on any atom is -0.314 e. The Morgan fingerprint density at radius 2 is 1.94 bits per heavy atom. The molecule has 0 saturated heterocycles. The normalized spacial score (nSPS) is 15.1. The Morgan fingerprint density at radius 3 is 2.38 bits per heavy atom. The van der Waals surface area contributed by atoms with Crippen LogP contribution in [0.1, 0.15) is 44.9 Å². The van der Waals surface area contributed by atoms with Gasteiger partial charge in [0.1, 0.15) is 0 Å². The van der Waals surface area contributed by atoms with Gasteiger partial charge in [0.2, 0.25) is 0 Å². The number of aryl methyl sites for hydroxylation is 1. The lowest BCUT2D eigenvalue weighted by atomic mass is 9.86. The van der Waals surface area contributed by atoms with E-state index in [9.17, 15) is 0 Å². The van der Waals surface area contributed by atoms with Crippen LogP contribution in [0.4, 0.5) is 0 Å². The summed E-state index contributed by atoms with van der Waals surface area (Å²) in [5.74, 6) is 1.09. The quantitative estimate of drug-likeness (QED) is 0.824. The summed E-state index contributed by atoms with van der Waals surface area (Å²) in [6.45, 7) is 12.0. The second-order valence-electron chi connectivity index (χ2n) is 4.88. The number of hydrogen-bond acceptors (Lipinski definition) is 2. The van der Waals surface area contributed by atoms with Crippen molar-refractivity contribution in [2.75, 3.05) is 6.54 Å². The van der Waals surface area contributed by atoms with Gasteiger partial charge in [0, 0.05) is 23.9 Å². The fraction of sp³-hybridized carbons (Fsp3) is 0.643. The van der Waals surface area contributed by atoms with Gasteiger partial charge in [-0.05, 0) is 37.9 Å². The first-order valence-electron chi connectivity index (χ1n) is 6.22. The van der Waals surface area contributed by atoms with Crippen molar-refractivity contribution in [2.24, 2.45) is 5.92 Å². The van der Waals surface area contributed by atoms with E-state index < -0.39 is 0 Å². The van der Waals surface area contributed by atoms with Crippen LogP contribution in [-0.2, 0) is 0 Å². The van der Waals surface area contributed by atoms with Gasteiger partial charge in [0.25, 0.3) is 0 Å². The Morgan fingerprint density at radius 1 is 1.25 bits per heavy atom. The van der Waals surface area contributed by atoms with E-state index in [0.29, 0.717) is 17.9 Å². The molecule has 1 rings (SSSR count). The van der Waals surface area contributed by atoms with E-state index in [1.165, 1.54) is 11.3 Å². The van der Waals surface area contributed by atoms with E-state index in [4.69, 9.17) is 0 Å². The van der Waals surface area contributed by atoms with Crippen LogP contribution in [0.25, 0.3) is 0 Å². The number of hydrogen-bond donors (Lipinski definition) is 1. The zero-order chi connectivity index (χ0) is 12.1. The van der Waals surface area contributed by atoms with Crippen molar-refractivity contribution in [3.8, 4) is 0 Å². The Balaban J connectivity index is 2.89. The Kier molecular flexibility index (Phi) is 4.94. The number of nitrogens with zero attached hydrogens (tertiary/aromatic N) is 1. The summed E-state index contributed by atoms with van der Waals surface area (Å²) in [6.07, 6.45) is 1.96. The maximum Gasteiger partial charge on any atom is 0.0452 e. The van der Waals surface area contributed by atoms with Crippen LogP contribution in [0.2, 0.25) is 0 Å². The zero-order valence-electron chi connectivity index (χ0n) is 11.1. The number of aromatic nitrogens is 1. The van der Waals surface area contributed by atoms with Crippen molar-refractivity contribution in [2.45, 2.75) is 46.6 Å². The standard InChI is InChI=1S/C14H24N2/c1-6-15-12(5)14(10(2)3)13-8-7-11(4)9-16-13/h7-10,12,14-15H,6H2,1-5H3. The third-order valence-corrected chi connectivity index (χ3v) is 3.06. The molecule has 1 aromatic heterocycles. The van der Waals surface area contributed by atoms with Crippen LogP contribution >= 0.6 is 0 Å². The molecule has 0 aromatic carbocycles. The van der Waals surface area contributed by atoms with Gasteiger partial charge in [-0.1, -0.05) is 26.8 Å². The van der Waals surface area contributed by atoms with Crippen molar-refractivity contribution in [3.05, 3.63) is 29.6 Å². The molecular weight excluding hydrogens is 196 g/mol. The van der Waals surface area contributed by atoms with Crippen LogP contribution in [0, 0.1) is 12.8 Å². The molecule has 0 saturated carbocycles. The summed E-state index contributed by atoms with van der Waals surface area (Å²) in [5, 5.41) is 3.50. The van der Waals surface area contributed by atoms with Crippen molar-refractivity contribution in [1.29, 1.82) is 0 Å². The predicted octanol–water partition coefficient (Wildman–Crippen LogP) is 3.13. The molecule has 0 spiro atoms. The maximum atomic E-state index is 4.56. The summed E-state index contributed by atoms with van der Waals surface area (Å²) in [4.78, 5) is 4.56. The Hall–Kier alpha value is -0.890. The lowest BCUT2D eigenvalue weighted by Crippen LogP contribution is -2.34. The molecule has 0 aliphatic heterocycles. The predicted molar refractivity (Wildman–Crippen MR) is 69.7 cm³/mol. The third kappa shape index (κ3) is 3.31. The van der Waals surface area contributed by atoms with Crippen molar-refractivity contribution >= 4 is 0 Å². The Bertz CT molecular complexity index is 303. The summed E-state index contributed by atoms with van der Waals surface area (Å²) < 4.78 is 0. The van der Waals surface area contributed by atoms with E-state index in [1.54, 1.807) is 0 Å². The molecule has 1 aromatic rings. The van der Waals surface area contributed by atoms with Gasteiger partial charge in [-0.2, -0.15) is 0 Å². The highest BCUT2D eigenvalue weighted by atomic mass is 14.9. The maximum absolute atomic E-state index is 4.56. The summed E-state index contributed by atoms with van der Waals surface area (Å²) in [6, 6.07) is 4.78. The third-order valence-electron chi connectivity index (χ3n) is 3.06. The fourth-order valence-corrected chi connectivity index (χ4v) is 2.30.